The summed E-state index contributed by atoms with van der Waals surface area (Å²) in [7, 11) is 0. The molecular formula is C17H19N3O3S. The zero-order valence-corrected chi connectivity index (χ0v) is 14.0. The average molecular weight is 345 g/mol. The molecule has 0 unspecified atom stereocenters. The first-order valence-electron chi connectivity index (χ1n) is 8.12. The molecule has 7 heteroatoms. The summed E-state index contributed by atoms with van der Waals surface area (Å²) in [5, 5.41) is 6.05. The quantitative estimate of drug-likeness (QED) is 0.640. The van der Waals surface area contributed by atoms with Crippen molar-refractivity contribution in [3.05, 3.63) is 35.4 Å². The summed E-state index contributed by atoms with van der Waals surface area (Å²) in [5.74, 6) is -1.01. The number of hydrogen-bond acceptors (Lipinski definition) is 4. The molecule has 3 amide bonds. The fourth-order valence-electron chi connectivity index (χ4n) is 3.14. The van der Waals surface area contributed by atoms with E-state index in [2.05, 4.69) is 10.6 Å². The van der Waals surface area contributed by atoms with Gasteiger partial charge in [0.25, 0.3) is 11.8 Å². The topological polar surface area (TPSA) is 78.5 Å². The Balaban J connectivity index is 1.49. The average Bonchev–Trinajstić information content (AvgIpc) is 3.14. The molecule has 6 nitrogen and oxygen atoms in total. The summed E-state index contributed by atoms with van der Waals surface area (Å²) < 4.78 is 0. The highest BCUT2D eigenvalue weighted by molar-refractivity contribution is 7.80. The van der Waals surface area contributed by atoms with E-state index in [9.17, 15) is 14.4 Å². The maximum atomic E-state index is 12.2. The van der Waals surface area contributed by atoms with Crippen LogP contribution in [0.5, 0.6) is 0 Å². The summed E-state index contributed by atoms with van der Waals surface area (Å²) in [6.45, 7) is 0.0459. The van der Waals surface area contributed by atoms with Crippen LogP contribution >= 0.6 is 12.2 Å². The van der Waals surface area contributed by atoms with Gasteiger partial charge in [-0.2, -0.15) is 0 Å². The zero-order chi connectivity index (χ0) is 17.1. The molecule has 1 heterocycles. The van der Waals surface area contributed by atoms with Gasteiger partial charge in [0.2, 0.25) is 5.91 Å². The van der Waals surface area contributed by atoms with Crippen LogP contribution in [0.25, 0.3) is 0 Å². The van der Waals surface area contributed by atoms with Gasteiger partial charge in [-0.25, -0.2) is 0 Å². The Hall–Kier alpha value is -2.28. The van der Waals surface area contributed by atoms with E-state index in [4.69, 9.17) is 12.2 Å². The Labute approximate surface area is 145 Å². The molecular weight excluding hydrogens is 326 g/mol. The van der Waals surface area contributed by atoms with Gasteiger partial charge in [-0.3, -0.25) is 19.3 Å². The highest BCUT2D eigenvalue weighted by Gasteiger charge is 2.35. The molecule has 0 atom stereocenters. The molecule has 1 aliphatic carbocycles. The van der Waals surface area contributed by atoms with Crippen molar-refractivity contribution in [1.82, 2.24) is 15.5 Å². The Kier molecular flexibility index (Phi) is 4.89. The van der Waals surface area contributed by atoms with E-state index in [1.165, 1.54) is 12.8 Å². The molecule has 126 valence electrons. The van der Waals surface area contributed by atoms with Gasteiger partial charge >= 0.3 is 0 Å². The zero-order valence-electron chi connectivity index (χ0n) is 13.2. The maximum absolute atomic E-state index is 12.2. The third kappa shape index (κ3) is 3.46. The van der Waals surface area contributed by atoms with Crippen LogP contribution in [-0.2, 0) is 4.79 Å². The second-order valence-corrected chi connectivity index (χ2v) is 6.47. The van der Waals surface area contributed by atoms with Crippen LogP contribution in [0.15, 0.2) is 24.3 Å². The van der Waals surface area contributed by atoms with Gasteiger partial charge in [0.15, 0.2) is 5.11 Å². The third-order valence-electron chi connectivity index (χ3n) is 4.38. The van der Waals surface area contributed by atoms with Gasteiger partial charge in [0.1, 0.15) is 0 Å². The lowest BCUT2D eigenvalue weighted by atomic mass is 10.1. The molecule has 0 aromatic heterocycles. The smallest absolute Gasteiger partial charge is 0.261 e. The Morgan fingerprint density at radius 3 is 2.29 bits per heavy atom. The Morgan fingerprint density at radius 2 is 1.71 bits per heavy atom. The number of imide groups is 1. The van der Waals surface area contributed by atoms with Crippen LogP contribution in [0, 0.1) is 0 Å². The van der Waals surface area contributed by atoms with Crippen molar-refractivity contribution in [3.8, 4) is 0 Å². The lowest BCUT2D eigenvalue weighted by Gasteiger charge is -2.16. The van der Waals surface area contributed by atoms with Crippen molar-refractivity contribution in [2.75, 3.05) is 6.54 Å². The van der Waals surface area contributed by atoms with E-state index >= 15 is 0 Å². The second kappa shape index (κ2) is 7.09. The molecule has 0 bridgehead atoms. The Bertz CT molecular complexity index is 663. The number of rotatable bonds is 4. The predicted molar refractivity (Wildman–Crippen MR) is 92.6 cm³/mol. The molecule has 3 rings (SSSR count). The van der Waals surface area contributed by atoms with Crippen LogP contribution in [0.2, 0.25) is 0 Å². The van der Waals surface area contributed by atoms with E-state index in [1.807, 2.05) is 0 Å². The molecule has 2 aliphatic rings. The molecule has 1 saturated carbocycles. The number of amides is 3. The van der Waals surface area contributed by atoms with Gasteiger partial charge in [-0.1, -0.05) is 25.0 Å². The van der Waals surface area contributed by atoms with E-state index in [-0.39, 0.29) is 30.7 Å². The first kappa shape index (κ1) is 16.6. The molecule has 0 radical (unpaired) electrons. The van der Waals surface area contributed by atoms with Crippen molar-refractivity contribution in [3.63, 3.8) is 0 Å². The lowest BCUT2D eigenvalue weighted by molar-refractivity contribution is -0.119. The van der Waals surface area contributed by atoms with Crippen molar-refractivity contribution >= 4 is 35.1 Å². The molecule has 24 heavy (non-hydrogen) atoms. The number of nitrogens with zero attached hydrogens (tertiary/aromatic N) is 1. The molecule has 1 aromatic rings. The van der Waals surface area contributed by atoms with Crippen LogP contribution in [-0.4, -0.2) is 40.3 Å². The van der Waals surface area contributed by atoms with Gasteiger partial charge in [-0.15, -0.1) is 0 Å². The van der Waals surface area contributed by atoms with E-state index in [1.54, 1.807) is 24.3 Å². The van der Waals surface area contributed by atoms with E-state index < -0.39 is 0 Å². The number of benzene rings is 1. The highest BCUT2D eigenvalue weighted by atomic mass is 32.1. The van der Waals surface area contributed by atoms with Gasteiger partial charge in [0, 0.05) is 19.0 Å². The van der Waals surface area contributed by atoms with E-state index in [0.29, 0.717) is 22.3 Å². The lowest BCUT2D eigenvalue weighted by Crippen LogP contribution is -2.44. The fraction of sp³-hybridized carbons (Fsp3) is 0.412. The van der Waals surface area contributed by atoms with Gasteiger partial charge in [0.05, 0.1) is 11.1 Å². The minimum absolute atomic E-state index is 0.0257. The van der Waals surface area contributed by atoms with Crippen LogP contribution < -0.4 is 10.6 Å². The first-order chi connectivity index (χ1) is 11.6. The van der Waals surface area contributed by atoms with Crippen LogP contribution in [0.4, 0.5) is 0 Å². The normalized spacial score (nSPS) is 17.1. The summed E-state index contributed by atoms with van der Waals surface area (Å²) in [5.41, 5.74) is 0.780. The fourth-order valence-corrected chi connectivity index (χ4v) is 3.42. The van der Waals surface area contributed by atoms with Crippen LogP contribution in [0.1, 0.15) is 52.8 Å². The minimum atomic E-state index is -0.352. The van der Waals surface area contributed by atoms with Crippen molar-refractivity contribution in [2.24, 2.45) is 0 Å². The molecule has 2 N–H and O–H groups in total. The highest BCUT2D eigenvalue weighted by Crippen LogP contribution is 2.22. The number of carbonyl (C=O) groups excluding carboxylic acids is 3. The second-order valence-electron chi connectivity index (χ2n) is 6.06. The molecule has 0 saturated heterocycles. The number of fused-ring (bicyclic) bond motifs is 1. The van der Waals surface area contributed by atoms with Crippen LogP contribution in [0.3, 0.4) is 0 Å². The summed E-state index contributed by atoms with van der Waals surface area (Å²) in [6.07, 6.45) is 4.50. The van der Waals surface area contributed by atoms with Crippen molar-refractivity contribution in [1.29, 1.82) is 0 Å². The predicted octanol–water partition coefficient (Wildman–Crippen LogP) is 1.61. The number of hydrogen-bond donors (Lipinski definition) is 2. The maximum Gasteiger partial charge on any atom is 0.261 e. The third-order valence-corrected chi connectivity index (χ3v) is 4.60. The number of carbonyl (C=O) groups is 3. The summed E-state index contributed by atoms with van der Waals surface area (Å²) in [4.78, 5) is 37.5. The monoisotopic (exact) mass is 345 g/mol. The number of nitrogens with one attached hydrogen (secondary N) is 2. The largest absolute Gasteiger partial charge is 0.360 e. The number of thiocarbonyl (C=S) groups is 1. The van der Waals surface area contributed by atoms with E-state index in [0.717, 1.165) is 17.7 Å². The van der Waals surface area contributed by atoms with Gasteiger partial charge in [-0.05, 0) is 37.2 Å². The van der Waals surface area contributed by atoms with Gasteiger partial charge < -0.3 is 10.6 Å². The molecule has 0 spiro atoms. The van der Waals surface area contributed by atoms with Crippen molar-refractivity contribution in [2.45, 2.75) is 38.1 Å². The summed E-state index contributed by atoms with van der Waals surface area (Å²) in [6, 6.07) is 7.00. The Morgan fingerprint density at radius 1 is 1.12 bits per heavy atom. The minimum Gasteiger partial charge on any atom is -0.360 e. The summed E-state index contributed by atoms with van der Waals surface area (Å²) >= 11 is 5.13. The van der Waals surface area contributed by atoms with Crippen molar-refractivity contribution < 1.29 is 14.4 Å². The standard InChI is InChI=1S/C17H19N3O3S/c21-14(19-17(24)18-11-5-1-2-6-11)9-10-20-15(22)12-7-3-4-8-13(12)16(20)23/h3-4,7-8,11H,1-2,5-6,9-10H2,(H2,18,19,21,24). The molecule has 1 fully saturated rings. The SMILES string of the molecule is O=C(CCN1C(=O)c2ccccc2C1=O)NC(=S)NC1CCCC1. The molecule has 1 aliphatic heterocycles. The first-order valence-corrected chi connectivity index (χ1v) is 8.52. The molecule has 1 aromatic carbocycles.